The summed E-state index contributed by atoms with van der Waals surface area (Å²) in [6.45, 7) is 6.09. The van der Waals surface area contributed by atoms with Crippen LogP contribution in [0.2, 0.25) is 0 Å². The molecule has 0 bridgehead atoms. The Morgan fingerprint density at radius 1 is 1.29 bits per heavy atom. The van der Waals surface area contributed by atoms with E-state index in [0.717, 1.165) is 29.0 Å². The van der Waals surface area contributed by atoms with Gasteiger partial charge in [-0.1, -0.05) is 18.6 Å². The van der Waals surface area contributed by atoms with Crippen LogP contribution in [0, 0.1) is 6.92 Å². The number of nitrogen functional groups attached to an aromatic ring is 1. The maximum Gasteiger partial charge on any atom is 0.274 e. The second-order valence-electron chi connectivity index (χ2n) is 5.31. The van der Waals surface area contributed by atoms with Crippen LogP contribution in [-0.2, 0) is 0 Å². The summed E-state index contributed by atoms with van der Waals surface area (Å²) < 4.78 is 7.20. The Labute approximate surface area is 125 Å². The first-order valence-corrected chi connectivity index (χ1v) is 7.15. The molecule has 0 fully saturated rings. The summed E-state index contributed by atoms with van der Waals surface area (Å²) in [6.07, 6.45) is 0.852. The fraction of sp³-hybridized carbons (Fsp3) is 0.353. The number of pyridine rings is 1. The number of aryl methyl sites for hydroxylation is 1. The molecule has 0 saturated heterocycles. The Morgan fingerprint density at radius 3 is 2.62 bits per heavy atom. The van der Waals surface area contributed by atoms with Crippen LogP contribution in [0.1, 0.15) is 31.9 Å². The zero-order valence-corrected chi connectivity index (χ0v) is 13.0. The van der Waals surface area contributed by atoms with Crippen LogP contribution in [0.3, 0.4) is 0 Å². The highest BCUT2D eigenvalue weighted by Gasteiger charge is 2.16. The number of ether oxygens (including phenoxy) is 1. The third-order valence-electron chi connectivity index (χ3n) is 3.81. The van der Waals surface area contributed by atoms with Gasteiger partial charge >= 0.3 is 0 Å². The first-order valence-electron chi connectivity index (χ1n) is 7.15. The van der Waals surface area contributed by atoms with Gasteiger partial charge < -0.3 is 15.0 Å². The molecule has 2 N–H and O–H groups in total. The fourth-order valence-electron chi connectivity index (χ4n) is 2.43. The van der Waals surface area contributed by atoms with E-state index >= 15 is 0 Å². The van der Waals surface area contributed by atoms with Crippen LogP contribution in [0.5, 0.6) is 5.75 Å². The second kappa shape index (κ2) is 6.04. The number of aromatic nitrogens is 1. The molecular formula is C17H22N2O2. The molecular weight excluding hydrogens is 264 g/mol. The first-order chi connectivity index (χ1) is 9.99. The number of nitrogens with two attached hydrogens (primary N) is 1. The summed E-state index contributed by atoms with van der Waals surface area (Å²) in [7, 11) is 1.64. The maximum atomic E-state index is 12.4. The van der Waals surface area contributed by atoms with Crippen molar-refractivity contribution in [3.05, 3.63) is 46.2 Å². The third-order valence-corrected chi connectivity index (χ3v) is 3.81. The predicted octanol–water partition coefficient (Wildman–Crippen LogP) is 3.39. The van der Waals surface area contributed by atoms with E-state index < -0.39 is 0 Å². The average Bonchev–Trinajstić information content (AvgIpc) is 2.49. The van der Waals surface area contributed by atoms with Gasteiger partial charge in [-0.25, -0.2) is 0 Å². The van der Waals surface area contributed by atoms with Crippen molar-refractivity contribution >= 4 is 5.69 Å². The molecule has 112 valence electrons. The Hall–Kier alpha value is -2.23. The van der Waals surface area contributed by atoms with E-state index in [1.807, 2.05) is 38.1 Å². The van der Waals surface area contributed by atoms with E-state index in [2.05, 4.69) is 6.92 Å². The first kappa shape index (κ1) is 15.2. The van der Waals surface area contributed by atoms with Crippen molar-refractivity contribution in [3.8, 4) is 17.0 Å². The van der Waals surface area contributed by atoms with Crippen molar-refractivity contribution in [3.63, 3.8) is 0 Å². The molecule has 4 heteroatoms. The Kier molecular flexibility index (Phi) is 4.36. The molecule has 1 aromatic carbocycles. The van der Waals surface area contributed by atoms with Gasteiger partial charge in [-0.05, 0) is 44.5 Å². The van der Waals surface area contributed by atoms with Gasteiger partial charge in [0.1, 0.15) is 5.75 Å². The number of rotatable bonds is 4. The number of nitrogens with zero attached hydrogens (tertiary/aromatic N) is 1. The van der Waals surface area contributed by atoms with E-state index in [1.165, 1.54) is 0 Å². The van der Waals surface area contributed by atoms with E-state index in [4.69, 9.17) is 10.5 Å². The van der Waals surface area contributed by atoms with Crippen molar-refractivity contribution in [1.82, 2.24) is 4.57 Å². The predicted molar refractivity (Wildman–Crippen MR) is 86.8 cm³/mol. The lowest BCUT2D eigenvalue weighted by Gasteiger charge is -2.20. The molecule has 2 rings (SSSR count). The molecule has 21 heavy (non-hydrogen) atoms. The monoisotopic (exact) mass is 286 g/mol. The summed E-state index contributed by atoms with van der Waals surface area (Å²) in [5, 5.41) is 0. The molecule has 0 amide bonds. The highest BCUT2D eigenvalue weighted by Crippen LogP contribution is 2.32. The molecule has 4 nitrogen and oxygen atoms in total. The highest BCUT2D eigenvalue weighted by molar-refractivity contribution is 5.69. The van der Waals surface area contributed by atoms with Crippen molar-refractivity contribution in [2.75, 3.05) is 12.8 Å². The minimum Gasteiger partial charge on any atom is -0.496 e. The lowest BCUT2D eigenvalue weighted by atomic mass is 10.0. The summed E-state index contributed by atoms with van der Waals surface area (Å²) >= 11 is 0. The minimum absolute atomic E-state index is 0.0706. The average molecular weight is 286 g/mol. The molecule has 0 radical (unpaired) electrons. The van der Waals surface area contributed by atoms with Gasteiger partial charge in [0.2, 0.25) is 0 Å². The Morgan fingerprint density at radius 2 is 2.00 bits per heavy atom. The molecule has 1 heterocycles. The molecule has 0 spiro atoms. The molecule has 0 aliphatic rings. The molecule has 1 unspecified atom stereocenters. The Bertz CT molecular complexity index is 704. The van der Waals surface area contributed by atoms with Crippen molar-refractivity contribution < 1.29 is 4.74 Å². The lowest BCUT2D eigenvalue weighted by molar-refractivity contribution is 0.415. The lowest BCUT2D eigenvalue weighted by Crippen LogP contribution is -2.26. The molecule has 0 saturated carbocycles. The van der Waals surface area contributed by atoms with E-state index in [1.54, 1.807) is 17.7 Å². The SMILES string of the molecule is CCC(C)n1c(-c2cc(C)ccc2OC)ccc(N)c1=O. The fourth-order valence-corrected chi connectivity index (χ4v) is 2.43. The normalized spacial score (nSPS) is 12.2. The number of benzene rings is 1. The van der Waals surface area contributed by atoms with Crippen LogP contribution >= 0.6 is 0 Å². The molecule has 1 atom stereocenters. The van der Waals surface area contributed by atoms with E-state index in [9.17, 15) is 4.79 Å². The van der Waals surface area contributed by atoms with Gasteiger partial charge in [-0.15, -0.1) is 0 Å². The largest absolute Gasteiger partial charge is 0.496 e. The zero-order valence-electron chi connectivity index (χ0n) is 13.0. The van der Waals surface area contributed by atoms with Crippen molar-refractivity contribution in [2.24, 2.45) is 0 Å². The summed E-state index contributed by atoms with van der Waals surface area (Å²) in [6, 6.07) is 9.57. The van der Waals surface area contributed by atoms with Crippen LogP contribution in [-0.4, -0.2) is 11.7 Å². The van der Waals surface area contributed by atoms with Gasteiger partial charge in [0.05, 0.1) is 18.5 Å². The quantitative estimate of drug-likeness (QED) is 0.937. The number of hydrogen-bond acceptors (Lipinski definition) is 3. The van der Waals surface area contributed by atoms with Crippen LogP contribution in [0.15, 0.2) is 35.1 Å². The minimum atomic E-state index is -0.148. The zero-order chi connectivity index (χ0) is 15.6. The van der Waals surface area contributed by atoms with Crippen molar-refractivity contribution in [2.45, 2.75) is 33.2 Å². The number of hydrogen-bond donors (Lipinski definition) is 1. The van der Waals surface area contributed by atoms with Gasteiger partial charge in [-0.3, -0.25) is 4.79 Å². The van der Waals surface area contributed by atoms with Gasteiger partial charge in [0, 0.05) is 11.6 Å². The third kappa shape index (κ3) is 2.79. The number of methoxy groups -OCH3 is 1. The second-order valence-corrected chi connectivity index (χ2v) is 5.31. The van der Waals surface area contributed by atoms with Gasteiger partial charge in [0.15, 0.2) is 0 Å². The Balaban J connectivity index is 2.78. The van der Waals surface area contributed by atoms with Crippen LogP contribution in [0.4, 0.5) is 5.69 Å². The van der Waals surface area contributed by atoms with Crippen molar-refractivity contribution in [1.29, 1.82) is 0 Å². The standard InChI is InChI=1S/C17H22N2O2/c1-5-12(3)19-15(8-7-14(18)17(19)20)13-10-11(2)6-9-16(13)21-4/h6-10,12H,5,18H2,1-4H3. The smallest absolute Gasteiger partial charge is 0.274 e. The summed E-state index contributed by atoms with van der Waals surface area (Å²) in [5.41, 5.74) is 8.78. The van der Waals surface area contributed by atoms with Gasteiger partial charge in [-0.2, -0.15) is 0 Å². The highest BCUT2D eigenvalue weighted by atomic mass is 16.5. The maximum absolute atomic E-state index is 12.4. The van der Waals surface area contributed by atoms with E-state index in [0.29, 0.717) is 0 Å². The van der Waals surface area contributed by atoms with Crippen LogP contribution in [0.25, 0.3) is 11.3 Å². The van der Waals surface area contributed by atoms with Gasteiger partial charge in [0.25, 0.3) is 5.56 Å². The van der Waals surface area contributed by atoms with E-state index in [-0.39, 0.29) is 17.3 Å². The van der Waals surface area contributed by atoms with Crippen LogP contribution < -0.4 is 16.0 Å². The summed E-state index contributed by atoms with van der Waals surface area (Å²) in [5.74, 6) is 0.752. The topological polar surface area (TPSA) is 57.2 Å². The summed E-state index contributed by atoms with van der Waals surface area (Å²) in [4.78, 5) is 12.4. The molecule has 0 aliphatic carbocycles. The molecule has 1 aromatic heterocycles. The molecule has 2 aromatic rings. The molecule has 0 aliphatic heterocycles. The number of anilines is 1.